The zero-order valence-corrected chi connectivity index (χ0v) is 12.5. The van der Waals surface area contributed by atoms with Crippen molar-refractivity contribution in [1.82, 2.24) is 0 Å². The second-order valence-electron chi connectivity index (χ2n) is 2.85. The molecule has 2 aliphatic rings. The van der Waals surface area contributed by atoms with E-state index in [2.05, 4.69) is 45.3 Å². The Morgan fingerprint density at radius 3 is 1.39 bits per heavy atom. The molecule has 0 aromatic heterocycles. The fourth-order valence-corrected chi connectivity index (χ4v) is 4.00. The predicted molar refractivity (Wildman–Crippen MR) is 89.5 cm³/mol. The summed E-state index contributed by atoms with van der Waals surface area (Å²) in [6.07, 6.45) is 7.39. The molecule has 0 amide bonds. The van der Waals surface area contributed by atoms with E-state index in [4.69, 9.17) is 0 Å². The van der Waals surface area contributed by atoms with Crippen LogP contribution < -0.4 is 0 Å². The second kappa shape index (κ2) is 8.34. The average Bonchev–Trinajstić information content (AvgIpc) is 3.05. The fraction of sp³-hybridized carbons (Fsp3) is 0. The van der Waals surface area contributed by atoms with Crippen molar-refractivity contribution in [2.45, 2.75) is 0 Å². The summed E-state index contributed by atoms with van der Waals surface area (Å²) in [6.45, 7) is 0. The SMILES string of the molecule is C(#C/C=C/C#CC=C1SC=CS1)C=C1SC=CS1. The van der Waals surface area contributed by atoms with Gasteiger partial charge >= 0.3 is 0 Å². The predicted octanol–water partition coefficient (Wildman–Crippen LogP) is 5.13. The maximum absolute atomic E-state index is 2.98. The Hall–Kier alpha value is -0.780. The van der Waals surface area contributed by atoms with E-state index in [0.717, 1.165) is 0 Å². The Kier molecular flexibility index (Phi) is 6.33. The van der Waals surface area contributed by atoms with Crippen LogP contribution in [0.3, 0.4) is 0 Å². The van der Waals surface area contributed by atoms with Gasteiger partial charge in [-0.05, 0) is 33.8 Å². The molecule has 4 heteroatoms. The van der Waals surface area contributed by atoms with E-state index >= 15 is 0 Å². The van der Waals surface area contributed by atoms with Gasteiger partial charge in [-0.15, -0.1) is 0 Å². The molecule has 0 fully saturated rings. The van der Waals surface area contributed by atoms with Gasteiger partial charge in [-0.2, -0.15) is 0 Å². The van der Waals surface area contributed by atoms with Crippen molar-refractivity contribution < 1.29 is 0 Å². The molecule has 0 atom stereocenters. The lowest BCUT2D eigenvalue weighted by Gasteiger charge is -1.85. The zero-order valence-electron chi connectivity index (χ0n) is 9.25. The third-order valence-electron chi connectivity index (χ3n) is 1.64. The van der Waals surface area contributed by atoms with Gasteiger partial charge in [0.2, 0.25) is 0 Å². The van der Waals surface area contributed by atoms with Crippen LogP contribution in [0.25, 0.3) is 0 Å². The Morgan fingerprint density at radius 1 is 0.611 bits per heavy atom. The number of thioether (sulfide) groups is 4. The van der Waals surface area contributed by atoms with Gasteiger partial charge in [0.25, 0.3) is 0 Å². The Morgan fingerprint density at radius 2 is 1.00 bits per heavy atom. The Labute approximate surface area is 125 Å². The minimum atomic E-state index is 1.22. The smallest absolute Gasteiger partial charge is 0.0570 e. The number of hydrogen-bond acceptors (Lipinski definition) is 4. The van der Waals surface area contributed by atoms with Crippen LogP contribution in [-0.4, -0.2) is 0 Å². The zero-order chi connectivity index (χ0) is 12.5. The Balaban J connectivity index is 1.75. The molecule has 0 unspecified atom stereocenters. The van der Waals surface area contributed by atoms with Crippen molar-refractivity contribution in [3.05, 3.63) is 54.4 Å². The van der Waals surface area contributed by atoms with E-state index in [0.29, 0.717) is 0 Å². The first-order valence-electron chi connectivity index (χ1n) is 4.99. The number of hydrogen-bond donors (Lipinski definition) is 0. The number of rotatable bonds is 0. The van der Waals surface area contributed by atoms with Crippen molar-refractivity contribution in [2.75, 3.05) is 0 Å². The van der Waals surface area contributed by atoms with Crippen LogP contribution in [0.1, 0.15) is 0 Å². The molecule has 2 rings (SSSR count). The van der Waals surface area contributed by atoms with Crippen molar-refractivity contribution in [3.8, 4) is 23.7 Å². The van der Waals surface area contributed by atoms with Gasteiger partial charge in [-0.25, -0.2) is 0 Å². The van der Waals surface area contributed by atoms with Crippen LogP contribution in [0.15, 0.2) is 54.4 Å². The van der Waals surface area contributed by atoms with E-state index < -0.39 is 0 Å². The minimum Gasteiger partial charge on any atom is -0.0895 e. The molecule has 0 aromatic rings. The van der Waals surface area contributed by atoms with Crippen LogP contribution >= 0.6 is 47.0 Å². The normalized spacial score (nSPS) is 16.4. The quantitative estimate of drug-likeness (QED) is 0.568. The van der Waals surface area contributed by atoms with Gasteiger partial charge in [0.1, 0.15) is 0 Å². The molecule has 18 heavy (non-hydrogen) atoms. The van der Waals surface area contributed by atoms with E-state index in [9.17, 15) is 0 Å². The third-order valence-corrected chi connectivity index (χ3v) is 5.63. The lowest BCUT2D eigenvalue weighted by Crippen LogP contribution is -1.58. The fourth-order valence-electron chi connectivity index (χ4n) is 0.952. The second-order valence-corrected chi connectivity index (χ2v) is 7.16. The molecule has 0 radical (unpaired) electrons. The summed E-state index contributed by atoms with van der Waals surface area (Å²) >= 11 is 6.80. The third kappa shape index (κ3) is 5.25. The standard InChI is InChI=1S/C14H8S4/c1(3-5-7-13-15-9-10-16-13)2-4-6-8-14-17-11-12-18-14/h1-2,7-12H/b2-1+. The molecule has 0 spiro atoms. The molecule has 88 valence electrons. The molecular weight excluding hydrogens is 296 g/mol. The highest BCUT2D eigenvalue weighted by atomic mass is 32.2. The van der Waals surface area contributed by atoms with E-state index in [-0.39, 0.29) is 0 Å². The largest absolute Gasteiger partial charge is 0.0895 e. The highest BCUT2D eigenvalue weighted by molar-refractivity contribution is 8.27. The van der Waals surface area contributed by atoms with E-state index in [1.54, 1.807) is 59.2 Å². The highest BCUT2D eigenvalue weighted by Gasteiger charge is 1.98. The molecule has 0 aromatic carbocycles. The van der Waals surface area contributed by atoms with Crippen LogP contribution in [0, 0.1) is 23.7 Å². The average molecular weight is 304 g/mol. The molecular formula is C14H8S4. The van der Waals surface area contributed by atoms with E-state index in [1.165, 1.54) is 8.47 Å². The molecule has 0 saturated heterocycles. The summed E-state index contributed by atoms with van der Waals surface area (Å²) in [5.41, 5.74) is 0. The number of allylic oxidation sites excluding steroid dienone is 4. The summed E-state index contributed by atoms with van der Waals surface area (Å²) in [5.74, 6) is 11.8. The van der Waals surface area contributed by atoms with Crippen LogP contribution in [0.4, 0.5) is 0 Å². The highest BCUT2D eigenvalue weighted by Crippen LogP contribution is 2.37. The molecule has 0 N–H and O–H groups in total. The first-order chi connectivity index (χ1) is 8.95. The summed E-state index contributed by atoms with van der Waals surface area (Å²) in [6, 6.07) is 0. The topological polar surface area (TPSA) is 0 Å². The lowest BCUT2D eigenvalue weighted by molar-refractivity contribution is 2.08. The molecule has 0 saturated carbocycles. The minimum absolute atomic E-state index is 1.22. The van der Waals surface area contributed by atoms with Crippen molar-refractivity contribution >= 4 is 47.0 Å². The maximum Gasteiger partial charge on any atom is 0.0570 e. The first-order valence-corrected chi connectivity index (χ1v) is 8.51. The molecule has 0 aliphatic carbocycles. The van der Waals surface area contributed by atoms with Crippen LogP contribution in [-0.2, 0) is 0 Å². The molecule has 0 nitrogen and oxygen atoms in total. The van der Waals surface area contributed by atoms with Crippen molar-refractivity contribution in [1.29, 1.82) is 0 Å². The van der Waals surface area contributed by atoms with Gasteiger partial charge in [0.15, 0.2) is 0 Å². The summed E-state index contributed by atoms with van der Waals surface area (Å²) in [5, 5.41) is 8.23. The summed E-state index contributed by atoms with van der Waals surface area (Å²) in [7, 11) is 0. The van der Waals surface area contributed by atoms with Gasteiger partial charge in [-0.3, -0.25) is 0 Å². The first kappa shape index (κ1) is 13.6. The van der Waals surface area contributed by atoms with Crippen molar-refractivity contribution in [3.63, 3.8) is 0 Å². The lowest BCUT2D eigenvalue weighted by atomic mass is 10.4. The molecule has 2 heterocycles. The molecule has 2 aliphatic heterocycles. The maximum atomic E-state index is 2.98. The van der Waals surface area contributed by atoms with Gasteiger partial charge in [-0.1, -0.05) is 70.7 Å². The van der Waals surface area contributed by atoms with Crippen molar-refractivity contribution in [2.24, 2.45) is 0 Å². The monoisotopic (exact) mass is 304 g/mol. The van der Waals surface area contributed by atoms with E-state index in [1.807, 2.05) is 12.2 Å². The van der Waals surface area contributed by atoms with Gasteiger partial charge < -0.3 is 0 Å². The van der Waals surface area contributed by atoms with Gasteiger partial charge in [0, 0.05) is 12.2 Å². The summed E-state index contributed by atoms with van der Waals surface area (Å²) in [4.78, 5) is 0. The summed E-state index contributed by atoms with van der Waals surface area (Å²) < 4.78 is 2.43. The Bertz CT molecular complexity index is 496. The molecule has 0 bridgehead atoms. The van der Waals surface area contributed by atoms with Gasteiger partial charge in [0.05, 0.1) is 8.47 Å². The van der Waals surface area contributed by atoms with Crippen LogP contribution in [0.2, 0.25) is 0 Å². The van der Waals surface area contributed by atoms with Crippen LogP contribution in [0.5, 0.6) is 0 Å².